The highest BCUT2D eigenvalue weighted by molar-refractivity contribution is 6.31. The van der Waals surface area contributed by atoms with Crippen molar-refractivity contribution in [3.8, 4) is 0 Å². The summed E-state index contributed by atoms with van der Waals surface area (Å²) in [5.74, 6) is -0.642. The van der Waals surface area contributed by atoms with Crippen LogP contribution in [0.5, 0.6) is 0 Å². The Hall–Kier alpha value is -2.77. The molecule has 0 unspecified atom stereocenters. The number of amides is 1. The van der Waals surface area contributed by atoms with Gasteiger partial charge in [-0.2, -0.15) is 0 Å². The fraction of sp³-hybridized carbons (Fsp3) is 0.250. The molecule has 1 heterocycles. The van der Waals surface area contributed by atoms with Crippen molar-refractivity contribution >= 4 is 23.2 Å². The van der Waals surface area contributed by atoms with Crippen LogP contribution in [0.2, 0.25) is 5.02 Å². The van der Waals surface area contributed by atoms with Crippen LogP contribution < -0.4 is 5.32 Å². The second-order valence-electron chi connectivity index (χ2n) is 6.81. The zero-order valence-corrected chi connectivity index (χ0v) is 16.7. The zero-order chi connectivity index (χ0) is 20.3. The molecule has 1 amide bonds. The highest BCUT2D eigenvalue weighted by Crippen LogP contribution is 2.22. The van der Waals surface area contributed by atoms with Gasteiger partial charge < -0.3 is 10.2 Å². The second-order valence-corrected chi connectivity index (χ2v) is 7.21. The lowest BCUT2D eigenvalue weighted by molar-refractivity contribution is 0.102. The lowest BCUT2D eigenvalue weighted by Crippen LogP contribution is -2.15. The fourth-order valence-electron chi connectivity index (χ4n) is 2.79. The van der Waals surface area contributed by atoms with E-state index in [4.69, 9.17) is 11.6 Å². The molecule has 2 aromatic carbocycles. The predicted molar refractivity (Wildman–Crippen MR) is 107 cm³/mol. The van der Waals surface area contributed by atoms with Crippen molar-refractivity contribution in [3.05, 3.63) is 75.8 Å². The van der Waals surface area contributed by atoms with Crippen molar-refractivity contribution in [2.75, 3.05) is 19.4 Å². The molecule has 6 nitrogen and oxygen atoms in total. The molecule has 0 aliphatic rings. The zero-order valence-electron chi connectivity index (χ0n) is 15.9. The molecule has 28 heavy (non-hydrogen) atoms. The van der Waals surface area contributed by atoms with Gasteiger partial charge in [0.1, 0.15) is 5.82 Å². The number of carbonyl (C=O) groups is 1. The highest BCUT2D eigenvalue weighted by atomic mass is 35.5. The normalized spacial score (nSPS) is 11.1. The van der Waals surface area contributed by atoms with Crippen LogP contribution in [0.25, 0.3) is 0 Å². The molecular weight excluding hydrogens is 381 g/mol. The van der Waals surface area contributed by atoms with E-state index in [0.717, 1.165) is 11.1 Å². The van der Waals surface area contributed by atoms with Crippen LogP contribution in [-0.2, 0) is 13.1 Å². The number of aromatic nitrogens is 3. The minimum atomic E-state index is -0.346. The number of carbonyl (C=O) groups excluding carboxylic acids is 1. The SMILES string of the molecule is Cc1c(C(=O)Nc2ccc(Cl)c(CN(C)C)c2)nnn1Cc1ccc(F)cc1. The van der Waals surface area contributed by atoms with Crippen molar-refractivity contribution in [1.82, 2.24) is 19.9 Å². The molecule has 0 saturated carbocycles. The Morgan fingerprint density at radius 1 is 1.21 bits per heavy atom. The van der Waals surface area contributed by atoms with E-state index in [1.807, 2.05) is 25.1 Å². The third-order valence-corrected chi connectivity index (χ3v) is 4.60. The van der Waals surface area contributed by atoms with Gasteiger partial charge in [0.05, 0.1) is 12.2 Å². The summed E-state index contributed by atoms with van der Waals surface area (Å²) in [4.78, 5) is 14.6. The smallest absolute Gasteiger partial charge is 0.278 e. The maximum Gasteiger partial charge on any atom is 0.278 e. The van der Waals surface area contributed by atoms with Crippen molar-refractivity contribution in [2.45, 2.75) is 20.0 Å². The first-order valence-corrected chi connectivity index (χ1v) is 9.10. The second kappa shape index (κ2) is 8.50. The minimum Gasteiger partial charge on any atom is -0.321 e. The third-order valence-electron chi connectivity index (χ3n) is 4.23. The van der Waals surface area contributed by atoms with E-state index in [2.05, 4.69) is 15.6 Å². The maximum absolute atomic E-state index is 13.0. The standard InChI is InChI=1S/C20H21ClFN5O/c1-13-19(24-25-27(13)11-14-4-6-16(22)7-5-14)20(28)23-17-8-9-18(21)15(10-17)12-26(2)3/h4-10H,11-12H2,1-3H3,(H,23,28). The Morgan fingerprint density at radius 3 is 2.61 bits per heavy atom. The third kappa shape index (κ3) is 4.74. The van der Waals surface area contributed by atoms with E-state index in [1.54, 1.807) is 35.9 Å². The molecule has 0 radical (unpaired) electrons. The van der Waals surface area contributed by atoms with Gasteiger partial charge in [0.15, 0.2) is 5.69 Å². The first kappa shape index (κ1) is 20.0. The number of benzene rings is 2. The van der Waals surface area contributed by atoms with Crippen molar-refractivity contribution < 1.29 is 9.18 Å². The summed E-state index contributed by atoms with van der Waals surface area (Å²) in [6.07, 6.45) is 0. The average Bonchev–Trinajstić information content (AvgIpc) is 3.00. The molecule has 8 heteroatoms. The molecule has 146 valence electrons. The van der Waals surface area contributed by atoms with Gasteiger partial charge in [-0.1, -0.05) is 28.9 Å². The number of halogens is 2. The quantitative estimate of drug-likeness (QED) is 0.683. The average molecular weight is 402 g/mol. The number of anilines is 1. The first-order chi connectivity index (χ1) is 13.3. The number of nitrogens with zero attached hydrogens (tertiary/aromatic N) is 4. The molecule has 0 spiro atoms. The van der Waals surface area contributed by atoms with Crippen LogP contribution >= 0.6 is 11.6 Å². The van der Waals surface area contributed by atoms with Gasteiger partial charge in [0, 0.05) is 17.3 Å². The molecule has 0 atom stereocenters. The Kier molecular flexibility index (Phi) is 6.06. The molecule has 3 aromatic rings. The molecule has 1 aromatic heterocycles. The van der Waals surface area contributed by atoms with Gasteiger partial charge >= 0.3 is 0 Å². The summed E-state index contributed by atoms with van der Waals surface area (Å²) in [5, 5.41) is 11.5. The molecule has 0 aliphatic heterocycles. The molecule has 0 bridgehead atoms. The van der Waals surface area contributed by atoms with E-state index in [-0.39, 0.29) is 17.4 Å². The van der Waals surface area contributed by atoms with Gasteiger partial charge in [0.25, 0.3) is 5.91 Å². The van der Waals surface area contributed by atoms with Crippen molar-refractivity contribution in [2.24, 2.45) is 0 Å². The van der Waals surface area contributed by atoms with E-state index < -0.39 is 0 Å². The molecule has 3 rings (SSSR count). The van der Waals surface area contributed by atoms with Gasteiger partial charge in [-0.25, -0.2) is 9.07 Å². The Morgan fingerprint density at radius 2 is 1.93 bits per heavy atom. The monoisotopic (exact) mass is 401 g/mol. The van der Waals surface area contributed by atoms with Crippen molar-refractivity contribution in [3.63, 3.8) is 0 Å². The number of rotatable bonds is 6. The number of hydrogen-bond acceptors (Lipinski definition) is 4. The van der Waals surface area contributed by atoms with Crippen molar-refractivity contribution in [1.29, 1.82) is 0 Å². The molecule has 0 aliphatic carbocycles. The largest absolute Gasteiger partial charge is 0.321 e. The van der Waals surface area contributed by atoms with Gasteiger partial charge in [-0.15, -0.1) is 5.10 Å². The number of hydrogen-bond donors (Lipinski definition) is 1. The van der Waals surface area contributed by atoms with Crippen LogP contribution in [-0.4, -0.2) is 39.9 Å². The number of nitrogens with one attached hydrogen (secondary N) is 1. The predicted octanol–water partition coefficient (Wildman–Crippen LogP) is 3.74. The first-order valence-electron chi connectivity index (χ1n) is 8.72. The highest BCUT2D eigenvalue weighted by Gasteiger charge is 2.17. The molecule has 1 N–H and O–H groups in total. The fourth-order valence-corrected chi connectivity index (χ4v) is 2.97. The summed E-state index contributed by atoms with van der Waals surface area (Å²) in [7, 11) is 3.90. The van der Waals surface area contributed by atoms with Crippen LogP contribution in [0.1, 0.15) is 27.3 Å². The topological polar surface area (TPSA) is 63.1 Å². The summed E-state index contributed by atoms with van der Waals surface area (Å²) in [6.45, 7) is 2.84. The van der Waals surface area contributed by atoms with Gasteiger partial charge in [-0.05, 0) is 62.5 Å². The van der Waals surface area contributed by atoms with E-state index >= 15 is 0 Å². The summed E-state index contributed by atoms with van der Waals surface area (Å²) >= 11 is 6.22. The van der Waals surface area contributed by atoms with E-state index in [9.17, 15) is 9.18 Å². The summed E-state index contributed by atoms with van der Waals surface area (Å²) in [5.41, 5.74) is 3.29. The molecule has 0 fully saturated rings. The van der Waals surface area contributed by atoms with Gasteiger partial charge in [0.2, 0.25) is 0 Å². The van der Waals surface area contributed by atoms with E-state index in [0.29, 0.717) is 29.5 Å². The van der Waals surface area contributed by atoms with Crippen LogP contribution in [0.15, 0.2) is 42.5 Å². The van der Waals surface area contributed by atoms with Crippen LogP contribution in [0.3, 0.4) is 0 Å². The summed E-state index contributed by atoms with van der Waals surface area (Å²) < 4.78 is 14.7. The maximum atomic E-state index is 13.0. The lowest BCUT2D eigenvalue weighted by atomic mass is 10.2. The summed E-state index contributed by atoms with van der Waals surface area (Å²) in [6, 6.07) is 11.5. The lowest BCUT2D eigenvalue weighted by Gasteiger charge is -2.13. The Labute approximate surface area is 167 Å². The van der Waals surface area contributed by atoms with Gasteiger partial charge in [-0.3, -0.25) is 4.79 Å². The van der Waals surface area contributed by atoms with E-state index in [1.165, 1.54) is 12.1 Å². The molecule has 0 saturated heterocycles. The minimum absolute atomic E-state index is 0.242. The Bertz CT molecular complexity index is 985. The Balaban J connectivity index is 1.75. The molecular formula is C20H21ClFN5O. The van der Waals surface area contributed by atoms with Crippen LogP contribution in [0.4, 0.5) is 10.1 Å². The van der Waals surface area contributed by atoms with Crippen LogP contribution in [0, 0.1) is 12.7 Å².